The summed E-state index contributed by atoms with van der Waals surface area (Å²) >= 11 is 0. The predicted molar refractivity (Wildman–Crippen MR) is 55.6 cm³/mol. The monoisotopic (exact) mass is 223 g/mol. The summed E-state index contributed by atoms with van der Waals surface area (Å²) in [7, 11) is 1.60. The highest BCUT2D eigenvalue weighted by molar-refractivity contribution is 5.51. The van der Waals surface area contributed by atoms with E-state index in [1.807, 2.05) is 0 Å². The molecule has 86 valence electrons. The molecule has 6 nitrogen and oxygen atoms in total. The van der Waals surface area contributed by atoms with Crippen molar-refractivity contribution >= 4 is 0 Å². The minimum Gasteiger partial charge on any atom is -0.472 e. The number of methoxy groups -OCH3 is 1. The molecule has 0 aliphatic heterocycles. The van der Waals surface area contributed by atoms with Crippen molar-refractivity contribution in [3.8, 4) is 11.4 Å². The molecule has 0 aliphatic carbocycles. The van der Waals surface area contributed by atoms with E-state index in [9.17, 15) is 0 Å². The van der Waals surface area contributed by atoms with Gasteiger partial charge in [-0.15, -0.1) is 0 Å². The van der Waals surface area contributed by atoms with Crippen molar-refractivity contribution in [1.29, 1.82) is 0 Å². The van der Waals surface area contributed by atoms with Gasteiger partial charge >= 0.3 is 0 Å². The van der Waals surface area contributed by atoms with Crippen LogP contribution in [0, 0.1) is 0 Å². The van der Waals surface area contributed by atoms with Crippen LogP contribution >= 0.6 is 0 Å². The third kappa shape index (κ3) is 2.29. The van der Waals surface area contributed by atoms with Crippen LogP contribution in [-0.4, -0.2) is 29.9 Å². The van der Waals surface area contributed by atoms with Crippen LogP contribution in [-0.2, 0) is 11.2 Å². The molecule has 0 amide bonds. The Labute approximate surface area is 92.4 Å². The Morgan fingerprint density at radius 2 is 2.44 bits per heavy atom. The van der Waals surface area contributed by atoms with E-state index in [1.54, 1.807) is 25.7 Å². The molecule has 2 heterocycles. The van der Waals surface area contributed by atoms with Crippen LogP contribution in [0.15, 0.2) is 27.5 Å². The van der Waals surface area contributed by atoms with Crippen molar-refractivity contribution in [2.75, 3.05) is 13.7 Å². The summed E-state index contributed by atoms with van der Waals surface area (Å²) in [5, 5.41) is 3.84. The van der Waals surface area contributed by atoms with Crippen molar-refractivity contribution in [2.45, 2.75) is 12.5 Å². The summed E-state index contributed by atoms with van der Waals surface area (Å²) in [6, 6.07) is 1.77. The fraction of sp³-hybridized carbons (Fsp3) is 0.400. The van der Waals surface area contributed by atoms with Gasteiger partial charge in [0.15, 0.2) is 0 Å². The number of hydrogen-bond acceptors (Lipinski definition) is 6. The van der Waals surface area contributed by atoms with Gasteiger partial charge in [0.25, 0.3) is 0 Å². The lowest BCUT2D eigenvalue weighted by molar-refractivity contribution is 0.102. The quantitative estimate of drug-likeness (QED) is 0.808. The summed E-state index contributed by atoms with van der Waals surface area (Å²) < 4.78 is 15.2. The van der Waals surface area contributed by atoms with Gasteiger partial charge in [0.05, 0.1) is 24.4 Å². The highest BCUT2D eigenvalue weighted by Gasteiger charge is 2.14. The van der Waals surface area contributed by atoms with Crippen LogP contribution in [0.2, 0.25) is 0 Å². The summed E-state index contributed by atoms with van der Waals surface area (Å²) in [6.45, 7) is 0.417. The third-order valence-corrected chi connectivity index (χ3v) is 2.25. The van der Waals surface area contributed by atoms with Crippen LogP contribution in [0.4, 0.5) is 0 Å². The van der Waals surface area contributed by atoms with Crippen LogP contribution in [0.25, 0.3) is 11.4 Å². The Bertz CT molecular complexity index is 420. The molecular weight excluding hydrogens is 210 g/mol. The lowest BCUT2D eigenvalue weighted by atomic mass is 10.2. The maximum Gasteiger partial charge on any atom is 0.229 e. The largest absolute Gasteiger partial charge is 0.472 e. The lowest BCUT2D eigenvalue weighted by Crippen LogP contribution is -2.24. The number of hydrogen-bond donors (Lipinski definition) is 1. The third-order valence-electron chi connectivity index (χ3n) is 2.25. The molecule has 0 radical (unpaired) electrons. The highest BCUT2D eigenvalue weighted by Crippen LogP contribution is 2.16. The molecule has 2 aromatic rings. The topological polar surface area (TPSA) is 87.3 Å². The molecule has 0 spiro atoms. The normalized spacial score (nSPS) is 12.9. The second kappa shape index (κ2) is 4.91. The highest BCUT2D eigenvalue weighted by atomic mass is 16.5. The first-order valence-electron chi connectivity index (χ1n) is 4.91. The average molecular weight is 223 g/mol. The molecule has 2 aromatic heterocycles. The Morgan fingerprint density at radius 1 is 1.56 bits per heavy atom. The van der Waals surface area contributed by atoms with E-state index in [2.05, 4.69) is 10.1 Å². The molecule has 0 fully saturated rings. The van der Waals surface area contributed by atoms with Gasteiger partial charge in [0.1, 0.15) is 6.26 Å². The van der Waals surface area contributed by atoms with Crippen molar-refractivity contribution in [2.24, 2.45) is 5.73 Å². The van der Waals surface area contributed by atoms with Crippen molar-refractivity contribution < 1.29 is 13.7 Å². The van der Waals surface area contributed by atoms with E-state index in [4.69, 9.17) is 19.4 Å². The summed E-state index contributed by atoms with van der Waals surface area (Å²) in [5.41, 5.74) is 6.29. The average Bonchev–Trinajstić information content (AvgIpc) is 2.96. The molecule has 1 unspecified atom stereocenters. The number of furan rings is 1. The van der Waals surface area contributed by atoms with Crippen molar-refractivity contribution in [1.82, 2.24) is 10.1 Å². The SMILES string of the molecule is COC(CN)Cc1nc(-c2ccoc2)no1. The van der Waals surface area contributed by atoms with E-state index in [1.165, 1.54) is 0 Å². The zero-order valence-electron chi connectivity index (χ0n) is 8.92. The second-order valence-corrected chi connectivity index (χ2v) is 3.32. The zero-order chi connectivity index (χ0) is 11.4. The molecule has 6 heteroatoms. The molecule has 1 atom stereocenters. The van der Waals surface area contributed by atoms with Crippen molar-refractivity contribution in [3.05, 3.63) is 24.5 Å². The fourth-order valence-corrected chi connectivity index (χ4v) is 1.30. The van der Waals surface area contributed by atoms with Crippen LogP contribution < -0.4 is 5.73 Å². The molecule has 16 heavy (non-hydrogen) atoms. The van der Waals surface area contributed by atoms with Gasteiger partial charge in [-0.3, -0.25) is 0 Å². The van der Waals surface area contributed by atoms with Gasteiger partial charge in [-0.25, -0.2) is 0 Å². The molecule has 0 saturated carbocycles. The van der Waals surface area contributed by atoms with Gasteiger partial charge < -0.3 is 19.4 Å². The zero-order valence-corrected chi connectivity index (χ0v) is 8.92. The van der Waals surface area contributed by atoms with E-state index in [0.29, 0.717) is 24.7 Å². The van der Waals surface area contributed by atoms with E-state index in [-0.39, 0.29) is 6.10 Å². The van der Waals surface area contributed by atoms with Gasteiger partial charge in [-0.2, -0.15) is 4.98 Å². The number of aromatic nitrogens is 2. The lowest BCUT2D eigenvalue weighted by Gasteiger charge is -2.08. The Kier molecular flexibility index (Phi) is 3.33. The van der Waals surface area contributed by atoms with Gasteiger partial charge in [-0.1, -0.05) is 5.16 Å². The molecule has 0 aromatic carbocycles. The number of rotatable bonds is 5. The maximum absolute atomic E-state index is 5.50. The van der Waals surface area contributed by atoms with E-state index < -0.39 is 0 Å². The van der Waals surface area contributed by atoms with Gasteiger partial charge in [0.2, 0.25) is 11.7 Å². The molecule has 0 bridgehead atoms. The Balaban J connectivity index is 2.08. The maximum atomic E-state index is 5.50. The molecule has 0 saturated heterocycles. The first-order chi connectivity index (χ1) is 7.83. The van der Waals surface area contributed by atoms with Gasteiger partial charge in [-0.05, 0) is 6.07 Å². The van der Waals surface area contributed by atoms with E-state index in [0.717, 1.165) is 5.56 Å². The Morgan fingerprint density at radius 3 is 3.06 bits per heavy atom. The summed E-state index contributed by atoms with van der Waals surface area (Å²) in [6.07, 6.45) is 3.53. The molecule has 2 rings (SSSR count). The standard InChI is InChI=1S/C10H13N3O3/c1-14-8(5-11)4-9-12-10(13-16-9)7-2-3-15-6-7/h2-3,6,8H,4-5,11H2,1H3. The van der Waals surface area contributed by atoms with E-state index >= 15 is 0 Å². The van der Waals surface area contributed by atoms with Crippen LogP contribution in [0.1, 0.15) is 5.89 Å². The minimum atomic E-state index is -0.0994. The molecule has 2 N–H and O–H groups in total. The number of nitrogens with two attached hydrogens (primary N) is 1. The van der Waals surface area contributed by atoms with Gasteiger partial charge in [0, 0.05) is 13.7 Å². The van der Waals surface area contributed by atoms with Crippen LogP contribution in [0.5, 0.6) is 0 Å². The molecular formula is C10H13N3O3. The first kappa shape index (κ1) is 10.8. The molecule has 0 aliphatic rings. The smallest absolute Gasteiger partial charge is 0.229 e. The number of nitrogens with zero attached hydrogens (tertiary/aromatic N) is 2. The van der Waals surface area contributed by atoms with Crippen LogP contribution in [0.3, 0.4) is 0 Å². The number of ether oxygens (including phenoxy) is 1. The summed E-state index contributed by atoms with van der Waals surface area (Å²) in [4.78, 5) is 4.22. The predicted octanol–water partition coefficient (Wildman–Crippen LogP) is 0.846. The first-order valence-corrected chi connectivity index (χ1v) is 4.91. The van der Waals surface area contributed by atoms with Crippen molar-refractivity contribution in [3.63, 3.8) is 0 Å². The fourth-order valence-electron chi connectivity index (χ4n) is 1.30. The Hall–Kier alpha value is -1.66. The minimum absolute atomic E-state index is 0.0994. The summed E-state index contributed by atoms with van der Waals surface area (Å²) in [5.74, 6) is 1.02. The second-order valence-electron chi connectivity index (χ2n) is 3.32.